The van der Waals surface area contributed by atoms with E-state index in [4.69, 9.17) is 0 Å². The Balaban J connectivity index is 2.19. The van der Waals surface area contributed by atoms with Crippen molar-refractivity contribution in [2.45, 2.75) is 32.9 Å². The maximum atomic E-state index is 12.7. The fourth-order valence-electron chi connectivity index (χ4n) is 2.65. The molecular weight excluding hydrogens is 336 g/mol. The van der Waals surface area contributed by atoms with Crippen LogP contribution in [-0.2, 0) is 21.4 Å². The Labute approximate surface area is 149 Å². The number of hydrogen-bond donors (Lipinski definition) is 1. The number of benzene rings is 2. The number of rotatable bonds is 7. The first-order valence-electron chi connectivity index (χ1n) is 8.20. The molecule has 1 N–H and O–H groups in total. The van der Waals surface area contributed by atoms with Crippen molar-refractivity contribution < 1.29 is 13.2 Å². The molecule has 6 heteroatoms. The summed E-state index contributed by atoms with van der Waals surface area (Å²) in [6.07, 6.45) is 1.50. The van der Waals surface area contributed by atoms with Gasteiger partial charge in [-0.3, -0.25) is 9.10 Å². The molecule has 0 unspecified atom stereocenters. The molecule has 0 bridgehead atoms. The Bertz CT molecular complexity index is 802. The van der Waals surface area contributed by atoms with Gasteiger partial charge in [0.05, 0.1) is 11.9 Å². The van der Waals surface area contributed by atoms with Crippen LogP contribution in [0.3, 0.4) is 0 Å². The van der Waals surface area contributed by atoms with Crippen molar-refractivity contribution >= 4 is 21.6 Å². The maximum absolute atomic E-state index is 12.7. The zero-order valence-electron chi connectivity index (χ0n) is 14.8. The van der Waals surface area contributed by atoms with E-state index in [9.17, 15) is 13.2 Å². The third kappa shape index (κ3) is 5.06. The predicted octanol–water partition coefficient (Wildman–Crippen LogP) is 2.86. The number of nitrogens with zero attached hydrogens (tertiary/aromatic N) is 1. The Morgan fingerprint density at radius 1 is 1.08 bits per heavy atom. The third-order valence-electron chi connectivity index (χ3n) is 3.93. The monoisotopic (exact) mass is 360 g/mol. The minimum atomic E-state index is -3.59. The van der Waals surface area contributed by atoms with Gasteiger partial charge in [-0.15, -0.1) is 0 Å². The highest BCUT2D eigenvalue weighted by Crippen LogP contribution is 2.22. The normalized spacial score (nSPS) is 12.4. The molecule has 2 aromatic rings. The molecule has 1 amide bonds. The standard InChI is InChI=1S/C19H24N2O3S/c1-4-18(19(22)20-14-16-12-10-15(2)11-13-16)21(25(3,23)24)17-8-6-5-7-9-17/h5-13,18H,4,14H2,1-3H3,(H,20,22)/t18-/m0/s1. The van der Waals surface area contributed by atoms with Gasteiger partial charge in [-0.1, -0.05) is 55.0 Å². The molecule has 0 fully saturated rings. The molecule has 0 aliphatic rings. The molecule has 0 aromatic heterocycles. The van der Waals surface area contributed by atoms with Crippen LogP contribution >= 0.6 is 0 Å². The third-order valence-corrected chi connectivity index (χ3v) is 5.11. The van der Waals surface area contributed by atoms with Crippen LogP contribution in [0.25, 0.3) is 0 Å². The van der Waals surface area contributed by atoms with Crippen LogP contribution in [0.15, 0.2) is 54.6 Å². The summed E-state index contributed by atoms with van der Waals surface area (Å²) in [6.45, 7) is 4.17. The van der Waals surface area contributed by atoms with Gasteiger partial charge in [-0.05, 0) is 31.0 Å². The van der Waals surface area contributed by atoms with Crippen LogP contribution in [0.5, 0.6) is 0 Å². The van der Waals surface area contributed by atoms with Gasteiger partial charge in [0.25, 0.3) is 0 Å². The van der Waals surface area contributed by atoms with E-state index in [0.717, 1.165) is 17.4 Å². The van der Waals surface area contributed by atoms with Gasteiger partial charge in [0, 0.05) is 6.54 Å². The van der Waals surface area contributed by atoms with Gasteiger partial charge in [-0.2, -0.15) is 0 Å². The Kier molecular flexibility index (Phi) is 6.20. The Morgan fingerprint density at radius 3 is 2.20 bits per heavy atom. The van der Waals surface area contributed by atoms with E-state index in [1.807, 2.05) is 37.3 Å². The van der Waals surface area contributed by atoms with Gasteiger partial charge in [0.1, 0.15) is 6.04 Å². The van der Waals surface area contributed by atoms with Gasteiger partial charge in [0.2, 0.25) is 15.9 Å². The highest BCUT2D eigenvalue weighted by Gasteiger charge is 2.31. The van der Waals surface area contributed by atoms with Gasteiger partial charge in [0.15, 0.2) is 0 Å². The molecule has 0 saturated carbocycles. The summed E-state index contributed by atoms with van der Waals surface area (Å²) in [5, 5.41) is 2.85. The van der Waals surface area contributed by atoms with Gasteiger partial charge in [-0.25, -0.2) is 8.42 Å². The first-order chi connectivity index (χ1) is 11.8. The van der Waals surface area contributed by atoms with Crippen molar-refractivity contribution in [2.24, 2.45) is 0 Å². The molecule has 2 rings (SSSR count). The number of aryl methyl sites for hydroxylation is 1. The van der Waals surface area contributed by atoms with E-state index in [1.54, 1.807) is 31.2 Å². The summed E-state index contributed by atoms with van der Waals surface area (Å²) < 4.78 is 25.8. The van der Waals surface area contributed by atoms with Crippen molar-refractivity contribution in [1.29, 1.82) is 0 Å². The summed E-state index contributed by atoms with van der Waals surface area (Å²) >= 11 is 0. The largest absolute Gasteiger partial charge is 0.350 e. The number of nitrogens with one attached hydrogen (secondary N) is 1. The summed E-state index contributed by atoms with van der Waals surface area (Å²) in [5.74, 6) is -0.308. The SMILES string of the molecule is CC[C@@H](C(=O)NCc1ccc(C)cc1)N(c1ccccc1)S(C)(=O)=O. The molecule has 25 heavy (non-hydrogen) atoms. The van der Waals surface area contributed by atoms with E-state index < -0.39 is 16.1 Å². The Morgan fingerprint density at radius 2 is 1.68 bits per heavy atom. The first kappa shape index (κ1) is 19.0. The lowest BCUT2D eigenvalue weighted by molar-refractivity contribution is -0.122. The minimum Gasteiger partial charge on any atom is -0.350 e. The molecule has 0 aliphatic heterocycles. The van der Waals surface area contributed by atoms with Crippen molar-refractivity contribution in [3.8, 4) is 0 Å². The quantitative estimate of drug-likeness (QED) is 0.826. The Hall–Kier alpha value is -2.34. The van der Waals surface area contributed by atoms with Gasteiger partial charge < -0.3 is 5.32 Å². The lowest BCUT2D eigenvalue weighted by Crippen LogP contribution is -2.49. The topological polar surface area (TPSA) is 66.5 Å². The van der Waals surface area contributed by atoms with Crippen molar-refractivity contribution in [2.75, 3.05) is 10.6 Å². The molecule has 0 spiro atoms. The van der Waals surface area contributed by atoms with Crippen molar-refractivity contribution in [3.63, 3.8) is 0 Å². The molecule has 0 radical (unpaired) electrons. The fourth-order valence-corrected chi connectivity index (χ4v) is 3.86. The maximum Gasteiger partial charge on any atom is 0.244 e. The average molecular weight is 360 g/mol. The van der Waals surface area contributed by atoms with E-state index in [1.165, 1.54) is 4.31 Å². The number of anilines is 1. The second kappa shape index (κ2) is 8.16. The van der Waals surface area contributed by atoms with Crippen molar-refractivity contribution in [1.82, 2.24) is 5.32 Å². The van der Waals surface area contributed by atoms with Crippen LogP contribution in [0.4, 0.5) is 5.69 Å². The zero-order valence-corrected chi connectivity index (χ0v) is 15.6. The van der Waals surface area contributed by atoms with Crippen LogP contribution in [0.1, 0.15) is 24.5 Å². The highest BCUT2D eigenvalue weighted by atomic mass is 32.2. The van der Waals surface area contributed by atoms with Crippen LogP contribution < -0.4 is 9.62 Å². The highest BCUT2D eigenvalue weighted by molar-refractivity contribution is 7.92. The lowest BCUT2D eigenvalue weighted by Gasteiger charge is -2.30. The van der Waals surface area contributed by atoms with E-state index in [0.29, 0.717) is 18.7 Å². The zero-order chi connectivity index (χ0) is 18.4. The number of carbonyl (C=O) groups is 1. The van der Waals surface area contributed by atoms with E-state index in [-0.39, 0.29) is 5.91 Å². The molecule has 134 valence electrons. The first-order valence-corrected chi connectivity index (χ1v) is 10.1. The number of hydrogen-bond acceptors (Lipinski definition) is 3. The number of amides is 1. The number of carbonyl (C=O) groups excluding carboxylic acids is 1. The summed E-state index contributed by atoms with van der Waals surface area (Å²) in [4.78, 5) is 12.7. The average Bonchev–Trinajstić information content (AvgIpc) is 2.58. The predicted molar refractivity (Wildman–Crippen MR) is 101 cm³/mol. The summed E-state index contributed by atoms with van der Waals surface area (Å²) in [5.41, 5.74) is 2.61. The van der Waals surface area contributed by atoms with E-state index in [2.05, 4.69) is 5.32 Å². The minimum absolute atomic E-state index is 0.308. The lowest BCUT2D eigenvalue weighted by atomic mass is 10.1. The van der Waals surface area contributed by atoms with E-state index >= 15 is 0 Å². The second-order valence-electron chi connectivity index (χ2n) is 6.02. The molecular formula is C19H24N2O3S. The van der Waals surface area contributed by atoms with Crippen molar-refractivity contribution in [3.05, 3.63) is 65.7 Å². The molecule has 2 aromatic carbocycles. The molecule has 0 aliphatic carbocycles. The number of para-hydroxylation sites is 1. The van der Waals surface area contributed by atoms with Gasteiger partial charge >= 0.3 is 0 Å². The summed E-state index contributed by atoms with van der Waals surface area (Å²) in [7, 11) is -3.59. The van der Waals surface area contributed by atoms with Crippen LogP contribution in [0, 0.1) is 6.92 Å². The second-order valence-corrected chi connectivity index (χ2v) is 7.88. The smallest absolute Gasteiger partial charge is 0.244 e. The molecule has 1 atom stereocenters. The number of sulfonamides is 1. The molecule has 0 saturated heterocycles. The van der Waals surface area contributed by atoms with Crippen LogP contribution in [-0.4, -0.2) is 26.6 Å². The van der Waals surface area contributed by atoms with Crippen LogP contribution in [0.2, 0.25) is 0 Å². The fraction of sp³-hybridized carbons (Fsp3) is 0.316. The molecule has 0 heterocycles. The molecule has 5 nitrogen and oxygen atoms in total. The summed E-state index contributed by atoms with van der Waals surface area (Å²) in [6, 6.07) is 15.8.